The molecule has 1 N–H and O–H groups in total. The number of allylic oxidation sites excluding steroid dienone is 1. The fourth-order valence-corrected chi connectivity index (χ4v) is 1.31. The first kappa shape index (κ1) is 8.31. The summed E-state index contributed by atoms with van der Waals surface area (Å²) in [5, 5.41) is 8.86. The van der Waals surface area contributed by atoms with Crippen molar-refractivity contribution in [3.63, 3.8) is 0 Å². The van der Waals surface area contributed by atoms with Gasteiger partial charge < -0.3 is 5.11 Å². The average Bonchev–Trinajstić information content (AvgIpc) is 2.42. The van der Waals surface area contributed by atoms with Gasteiger partial charge in [-0.25, -0.2) is 4.79 Å². The van der Waals surface area contributed by atoms with E-state index in [1.54, 1.807) is 0 Å². The molecule has 0 aromatic carbocycles. The molecule has 1 aliphatic rings. The van der Waals surface area contributed by atoms with E-state index < -0.39 is 5.97 Å². The van der Waals surface area contributed by atoms with E-state index in [-0.39, 0.29) is 5.41 Å². The highest BCUT2D eigenvalue weighted by atomic mass is 16.4. The molecule has 1 saturated carbocycles. The molecule has 0 radical (unpaired) electrons. The van der Waals surface area contributed by atoms with E-state index in [2.05, 4.69) is 0 Å². The summed E-state index contributed by atoms with van der Waals surface area (Å²) >= 11 is 0. The highest BCUT2D eigenvalue weighted by Gasteiger charge is 2.31. The maximum Gasteiger partial charge on any atom is 0.332 e. The number of hydrogen-bond acceptors (Lipinski definition) is 1. The van der Waals surface area contributed by atoms with E-state index in [0.717, 1.165) is 18.4 Å². The van der Waals surface area contributed by atoms with E-state index in [1.807, 2.05) is 20.8 Å². The summed E-state index contributed by atoms with van der Waals surface area (Å²) in [7, 11) is 0. The highest BCUT2D eigenvalue weighted by Crippen LogP contribution is 2.39. The first-order valence-electron chi connectivity index (χ1n) is 3.88. The van der Waals surface area contributed by atoms with Gasteiger partial charge in [0.25, 0.3) is 0 Å². The third-order valence-corrected chi connectivity index (χ3v) is 1.82. The topological polar surface area (TPSA) is 37.3 Å². The van der Waals surface area contributed by atoms with Crippen LogP contribution in [0.25, 0.3) is 0 Å². The van der Waals surface area contributed by atoms with Gasteiger partial charge in [0.05, 0.1) is 0 Å². The molecule has 0 aliphatic heterocycles. The van der Waals surface area contributed by atoms with Gasteiger partial charge in [0.1, 0.15) is 0 Å². The molecule has 0 amide bonds. The van der Waals surface area contributed by atoms with Gasteiger partial charge in [-0.2, -0.15) is 0 Å². The van der Waals surface area contributed by atoms with E-state index >= 15 is 0 Å². The van der Waals surface area contributed by atoms with Crippen LogP contribution in [-0.4, -0.2) is 11.1 Å². The SMILES string of the molecule is CC(C)(C)C(C(=O)O)=C1CC1. The third kappa shape index (κ3) is 1.82. The molecule has 0 heterocycles. The lowest BCUT2D eigenvalue weighted by Gasteiger charge is -2.18. The normalized spacial score (nSPS) is 16.5. The van der Waals surface area contributed by atoms with Crippen LogP contribution < -0.4 is 0 Å². The Morgan fingerprint density at radius 3 is 1.91 bits per heavy atom. The van der Waals surface area contributed by atoms with Crippen molar-refractivity contribution in [2.45, 2.75) is 33.6 Å². The van der Waals surface area contributed by atoms with Crippen LogP contribution in [0.15, 0.2) is 11.1 Å². The Balaban J connectivity index is 2.95. The monoisotopic (exact) mass is 154 g/mol. The molecule has 0 unspecified atom stereocenters. The second-order valence-corrected chi connectivity index (χ2v) is 4.03. The van der Waals surface area contributed by atoms with Crippen molar-refractivity contribution in [2.75, 3.05) is 0 Å². The molecule has 62 valence electrons. The molecule has 0 spiro atoms. The van der Waals surface area contributed by atoms with E-state index in [9.17, 15) is 4.79 Å². The molecule has 11 heavy (non-hydrogen) atoms. The Morgan fingerprint density at radius 1 is 1.36 bits per heavy atom. The molecule has 1 rings (SSSR count). The van der Waals surface area contributed by atoms with Crippen molar-refractivity contribution in [3.05, 3.63) is 11.1 Å². The zero-order valence-electron chi connectivity index (χ0n) is 7.27. The van der Waals surface area contributed by atoms with E-state index in [4.69, 9.17) is 5.11 Å². The summed E-state index contributed by atoms with van der Waals surface area (Å²) < 4.78 is 0. The van der Waals surface area contributed by atoms with Crippen molar-refractivity contribution in [1.82, 2.24) is 0 Å². The molecule has 1 aliphatic carbocycles. The number of rotatable bonds is 1. The smallest absolute Gasteiger partial charge is 0.332 e. The van der Waals surface area contributed by atoms with Crippen LogP contribution in [0.4, 0.5) is 0 Å². The van der Waals surface area contributed by atoms with Crippen LogP contribution in [-0.2, 0) is 4.79 Å². The van der Waals surface area contributed by atoms with Crippen LogP contribution in [0.5, 0.6) is 0 Å². The number of aliphatic carboxylic acids is 1. The number of carboxylic acid groups (broad SMARTS) is 1. The lowest BCUT2D eigenvalue weighted by molar-refractivity contribution is -0.133. The van der Waals surface area contributed by atoms with Gasteiger partial charge in [-0.3, -0.25) is 0 Å². The Bertz CT molecular complexity index is 212. The van der Waals surface area contributed by atoms with Gasteiger partial charge >= 0.3 is 5.97 Å². The molecule has 1 fully saturated rings. The number of carbonyl (C=O) groups is 1. The maximum atomic E-state index is 10.8. The van der Waals surface area contributed by atoms with E-state index in [0.29, 0.717) is 5.57 Å². The van der Waals surface area contributed by atoms with Gasteiger partial charge in [0, 0.05) is 5.57 Å². The van der Waals surface area contributed by atoms with Gasteiger partial charge in [0.2, 0.25) is 0 Å². The Morgan fingerprint density at radius 2 is 1.82 bits per heavy atom. The van der Waals surface area contributed by atoms with Gasteiger partial charge in [-0.15, -0.1) is 0 Å². The minimum Gasteiger partial charge on any atom is -0.478 e. The van der Waals surface area contributed by atoms with Crippen LogP contribution in [0.3, 0.4) is 0 Å². The van der Waals surface area contributed by atoms with Crippen molar-refractivity contribution < 1.29 is 9.90 Å². The lowest BCUT2D eigenvalue weighted by Crippen LogP contribution is -2.17. The van der Waals surface area contributed by atoms with Crippen molar-refractivity contribution in [3.8, 4) is 0 Å². The molecule has 2 heteroatoms. The van der Waals surface area contributed by atoms with Crippen LogP contribution in [0.2, 0.25) is 0 Å². The molecule has 0 atom stereocenters. The maximum absolute atomic E-state index is 10.8. The molecule has 2 nitrogen and oxygen atoms in total. The van der Waals surface area contributed by atoms with Crippen LogP contribution in [0.1, 0.15) is 33.6 Å². The molecular formula is C9H14O2. The standard InChI is InChI=1S/C9H14O2/c1-9(2,3)7(8(10)11)6-4-5-6/h4-5H2,1-3H3,(H,10,11). The molecule has 0 saturated heterocycles. The van der Waals surface area contributed by atoms with Crippen molar-refractivity contribution in [2.24, 2.45) is 5.41 Å². The minimum atomic E-state index is -0.745. The molecule has 0 bridgehead atoms. The van der Waals surface area contributed by atoms with Crippen molar-refractivity contribution in [1.29, 1.82) is 0 Å². The predicted octanol–water partition coefficient (Wildman–Crippen LogP) is 2.21. The summed E-state index contributed by atoms with van der Waals surface area (Å²) in [5.41, 5.74) is 1.56. The first-order valence-corrected chi connectivity index (χ1v) is 3.88. The van der Waals surface area contributed by atoms with Crippen LogP contribution in [0, 0.1) is 5.41 Å². The molecule has 0 aromatic rings. The third-order valence-electron chi connectivity index (χ3n) is 1.82. The second kappa shape index (κ2) is 2.36. The average molecular weight is 154 g/mol. The summed E-state index contributed by atoms with van der Waals surface area (Å²) in [5.74, 6) is -0.745. The number of hydrogen-bond donors (Lipinski definition) is 1. The number of carboxylic acids is 1. The second-order valence-electron chi connectivity index (χ2n) is 4.03. The lowest BCUT2D eigenvalue weighted by atomic mass is 9.86. The predicted molar refractivity (Wildman–Crippen MR) is 43.4 cm³/mol. The van der Waals surface area contributed by atoms with E-state index in [1.165, 1.54) is 0 Å². The van der Waals surface area contributed by atoms with Crippen LogP contribution >= 0.6 is 0 Å². The minimum absolute atomic E-state index is 0.197. The first-order chi connectivity index (χ1) is 4.93. The van der Waals surface area contributed by atoms with Gasteiger partial charge in [-0.05, 0) is 18.3 Å². The Labute approximate surface area is 66.9 Å². The highest BCUT2D eigenvalue weighted by molar-refractivity contribution is 5.89. The Hall–Kier alpha value is -0.790. The summed E-state index contributed by atoms with van der Waals surface area (Å²) in [6.07, 6.45) is 1.97. The Kier molecular flexibility index (Phi) is 1.78. The van der Waals surface area contributed by atoms with Gasteiger partial charge in [-0.1, -0.05) is 26.3 Å². The summed E-state index contributed by atoms with van der Waals surface area (Å²) in [4.78, 5) is 10.8. The van der Waals surface area contributed by atoms with Gasteiger partial charge in [0.15, 0.2) is 0 Å². The van der Waals surface area contributed by atoms with Crippen molar-refractivity contribution >= 4 is 5.97 Å². The largest absolute Gasteiger partial charge is 0.478 e. The fraction of sp³-hybridized carbons (Fsp3) is 0.667. The fourth-order valence-electron chi connectivity index (χ4n) is 1.31. The summed E-state index contributed by atoms with van der Waals surface area (Å²) in [6.45, 7) is 5.84. The molecular weight excluding hydrogens is 140 g/mol. The quantitative estimate of drug-likeness (QED) is 0.588. The molecule has 0 aromatic heterocycles. The summed E-state index contributed by atoms with van der Waals surface area (Å²) in [6, 6.07) is 0. The zero-order valence-corrected chi connectivity index (χ0v) is 7.27. The zero-order chi connectivity index (χ0) is 8.65.